The van der Waals surface area contributed by atoms with E-state index in [1.807, 2.05) is 0 Å². The van der Waals surface area contributed by atoms with Gasteiger partial charge in [-0.05, 0) is 24.3 Å². The minimum Gasteiger partial charge on any atom is -0.295 e. The molecule has 0 heterocycles. The van der Waals surface area contributed by atoms with Gasteiger partial charge in [-0.15, -0.1) is 0 Å². The number of carbonyl (C=O) groups is 1. The molecule has 1 aliphatic carbocycles. The highest BCUT2D eigenvalue weighted by molar-refractivity contribution is 5.89. The van der Waals surface area contributed by atoms with Crippen molar-refractivity contribution in [3.05, 3.63) is 12.7 Å². The zero-order valence-electron chi connectivity index (χ0n) is 12.2. The van der Waals surface area contributed by atoms with Crippen LogP contribution < -0.4 is 0 Å². The molecular formula is C17H30O. The largest absolute Gasteiger partial charge is 0.295 e. The van der Waals surface area contributed by atoms with Gasteiger partial charge in [0.05, 0.1) is 0 Å². The Balaban J connectivity index is 2.62. The van der Waals surface area contributed by atoms with E-state index in [0.717, 1.165) is 12.8 Å². The maximum Gasteiger partial charge on any atom is 0.155 e. The van der Waals surface area contributed by atoms with Gasteiger partial charge in [-0.2, -0.15) is 0 Å². The summed E-state index contributed by atoms with van der Waals surface area (Å²) in [6.07, 6.45) is 16.8. The Morgan fingerprint density at radius 3 is 1.83 bits per heavy atom. The van der Waals surface area contributed by atoms with Crippen LogP contribution in [0.4, 0.5) is 0 Å². The summed E-state index contributed by atoms with van der Waals surface area (Å²) in [6, 6.07) is 0. The minimum atomic E-state index is 0.242. The second-order valence-corrected chi connectivity index (χ2v) is 6.03. The molecule has 0 atom stereocenters. The Bertz CT molecular complexity index is 242. The molecule has 1 rings (SSSR count). The van der Waals surface area contributed by atoms with Crippen molar-refractivity contribution in [1.82, 2.24) is 0 Å². The summed E-state index contributed by atoms with van der Waals surface area (Å²) in [6.45, 7) is 5.89. The number of carbonyl (C=O) groups excluding carboxylic acids is 1. The van der Waals surface area contributed by atoms with E-state index in [2.05, 4.69) is 13.5 Å². The highest BCUT2D eigenvalue weighted by Gasteiger charge is 2.29. The van der Waals surface area contributed by atoms with Crippen molar-refractivity contribution >= 4 is 5.78 Å². The summed E-state index contributed by atoms with van der Waals surface area (Å²) < 4.78 is 0. The predicted molar refractivity (Wildman–Crippen MR) is 78.7 cm³/mol. The summed E-state index contributed by atoms with van der Waals surface area (Å²) in [5, 5.41) is 0. The lowest BCUT2D eigenvalue weighted by molar-refractivity contribution is -0.117. The average Bonchev–Trinajstić information content (AvgIpc) is 2.44. The lowest BCUT2D eigenvalue weighted by Gasteiger charge is -2.32. The molecule has 0 aromatic rings. The van der Waals surface area contributed by atoms with E-state index < -0.39 is 0 Å². The average molecular weight is 250 g/mol. The number of allylic oxidation sites excluding steroid dienone is 1. The molecule has 0 radical (unpaired) electrons. The van der Waals surface area contributed by atoms with Crippen LogP contribution in [0.15, 0.2) is 12.7 Å². The van der Waals surface area contributed by atoms with E-state index in [4.69, 9.17) is 0 Å². The van der Waals surface area contributed by atoms with Gasteiger partial charge in [-0.3, -0.25) is 4.79 Å². The third-order valence-corrected chi connectivity index (χ3v) is 4.69. The van der Waals surface area contributed by atoms with Gasteiger partial charge in [0.25, 0.3) is 0 Å². The molecule has 0 unspecified atom stereocenters. The van der Waals surface area contributed by atoms with Crippen molar-refractivity contribution in [2.24, 2.45) is 5.41 Å². The Labute approximate surface area is 113 Å². The number of hydrogen-bond donors (Lipinski definition) is 0. The third-order valence-electron chi connectivity index (χ3n) is 4.69. The molecule has 0 aromatic heterocycles. The summed E-state index contributed by atoms with van der Waals surface area (Å²) >= 11 is 0. The number of hydrogen-bond acceptors (Lipinski definition) is 1. The first-order valence-electron chi connectivity index (χ1n) is 7.88. The third kappa shape index (κ3) is 5.37. The van der Waals surface area contributed by atoms with Crippen LogP contribution in [-0.4, -0.2) is 5.78 Å². The van der Waals surface area contributed by atoms with Crippen LogP contribution in [0, 0.1) is 5.41 Å². The standard InChI is InChI=1S/C17H30O/c1-3-16(18)15-17(4-2)13-11-9-7-5-6-8-10-12-14-17/h3H,1,4-15H2,2H3. The maximum absolute atomic E-state index is 11.7. The molecule has 1 nitrogen and oxygen atoms in total. The first kappa shape index (κ1) is 15.5. The Hall–Kier alpha value is -0.590. The van der Waals surface area contributed by atoms with Gasteiger partial charge in [0.1, 0.15) is 0 Å². The molecule has 0 amide bonds. The van der Waals surface area contributed by atoms with E-state index in [9.17, 15) is 4.79 Å². The summed E-state index contributed by atoms with van der Waals surface area (Å²) in [7, 11) is 0. The first-order chi connectivity index (χ1) is 8.72. The monoisotopic (exact) mass is 250 g/mol. The smallest absolute Gasteiger partial charge is 0.155 e. The zero-order valence-corrected chi connectivity index (χ0v) is 12.2. The van der Waals surface area contributed by atoms with Gasteiger partial charge in [0.15, 0.2) is 5.78 Å². The van der Waals surface area contributed by atoms with Crippen LogP contribution in [0.2, 0.25) is 0 Å². The Morgan fingerprint density at radius 2 is 1.44 bits per heavy atom. The molecule has 0 aliphatic heterocycles. The van der Waals surface area contributed by atoms with Crippen LogP contribution >= 0.6 is 0 Å². The molecule has 104 valence electrons. The highest BCUT2D eigenvalue weighted by atomic mass is 16.1. The summed E-state index contributed by atoms with van der Waals surface area (Å²) in [5.74, 6) is 0.242. The molecule has 1 fully saturated rings. The van der Waals surface area contributed by atoms with E-state index in [-0.39, 0.29) is 11.2 Å². The SMILES string of the molecule is C=CC(=O)CC1(CC)CCCCCCCCCC1. The molecule has 18 heavy (non-hydrogen) atoms. The topological polar surface area (TPSA) is 17.1 Å². The van der Waals surface area contributed by atoms with Crippen molar-refractivity contribution in [1.29, 1.82) is 0 Å². The summed E-state index contributed by atoms with van der Waals surface area (Å²) in [4.78, 5) is 11.7. The molecule has 1 aliphatic rings. The Morgan fingerprint density at radius 1 is 1.00 bits per heavy atom. The van der Waals surface area contributed by atoms with Crippen molar-refractivity contribution in [2.45, 2.75) is 84.0 Å². The molecule has 0 spiro atoms. The van der Waals surface area contributed by atoms with Crippen molar-refractivity contribution in [3.63, 3.8) is 0 Å². The second kappa shape index (κ2) is 8.50. The van der Waals surface area contributed by atoms with Crippen LogP contribution in [0.25, 0.3) is 0 Å². The first-order valence-corrected chi connectivity index (χ1v) is 7.88. The molecule has 0 aromatic carbocycles. The molecule has 0 bridgehead atoms. The number of ketones is 1. The predicted octanol–water partition coefficient (Wildman–Crippen LogP) is 5.44. The van der Waals surface area contributed by atoms with Crippen molar-refractivity contribution in [3.8, 4) is 0 Å². The normalized spacial score (nSPS) is 21.8. The fourth-order valence-corrected chi connectivity index (χ4v) is 3.28. The van der Waals surface area contributed by atoms with Crippen LogP contribution in [0.1, 0.15) is 84.0 Å². The van der Waals surface area contributed by atoms with Crippen LogP contribution in [0.3, 0.4) is 0 Å². The quantitative estimate of drug-likeness (QED) is 0.607. The van der Waals surface area contributed by atoms with Gasteiger partial charge in [-0.1, -0.05) is 71.3 Å². The van der Waals surface area contributed by atoms with Gasteiger partial charge in [0.2, 0.25) is 0 Å². The molecule has 0 N–H and O–H groups in total. The van der Waals surface area contributed by atoms with Crippen molar-refractivity contribution < 1.29 is 4.79 Å². The summed E-state index contributed by atoms with van der Waals surface area (Å²) in [5.41, 5.74) is 0.273. The fraction of sp³-hybridized carbons (Fsp3) is 0.824. The second-order valence-electron chi connectivity index (χ2n) is 6.03. The molecule has 1 saturated carbocycles. The van der Waals surface area contributed by atoms with Gasteiger partial charge in [0, 0.05) is 6.42 Å². The zero-order chi connectivity index (χ0) is 13.3. The van der Waals surface area contributed by atoms with E-state index >= 15 is 0 Å². The number of rotatable bonds is 4. The fourth-order valence-electron chi connectivity index (χ4n) is 3.28. The maximum atomic E-state index is 11.7. The van der Waals surface area contributed by atoms with Crippen LogP contribution in [0.5, 0.6) is 0 Å². The van der Waals surface area contributed by atoms with E-state index in [1.165, 1.54) is 70.3 Å². The van der Waals surface area contributed by atoms with E-state index in [1.54, 1.807) is 0 Å². The minimum absolute atomic E-state index is 0.242. The Kier molecular flexibility index (Phi) is 7.31. The molecule has 1 heteroatoms. The van der Waals surface area contributed by atoms with Crippen molar-refractivity contribution in [2.75, 3.05) is 0 Å². The van der Waals surface area contributed by atoms with Gasteiger partial charge in [-0.25, -0.2) is 0 Å². The molecule has 0 saturated heterocycles. The lowest BCUT2D eigenvalue weighted by Crippen LogP contribution is -2.23. The van der Waals surface area contributed by atoms with E-state index in [0.29, 0.717) is 0 Å². The van der Waals surface area contributed by atoms with Gasteiger partial charge >= 0.3 is 0 Å². The lowest BCUT2D eigenvalue weighted by atomic mass is 9.72. The molecular weight excluding hydrogens is 220 g/mol. The van der Waals surface area contributed by atoms with Crippen LogP contribution in [-0.2, 0) is 4.79 Å². The highest BCUT2D eigenvalue weighted by Crippen LogP contribution is 2.39. The van der Waals surface area contributed by atoms with Gasteiger partial charge < -0.3 is 0 Å².